The zero-order chi connectivity index (χ0) is 14.4. The molecule has 1 heterocycles. The number of thiazole rings is 1. The number of carbonyl (C=O) groups is 2. The highest BCUT2D eigenvalue weighted by molar-refractivity contribution is 7.13. The average molecular weight is 284 g/mol. The molecule has 2 N–H and O–H groups in total. The zero-order valence-electron chi connectivity index (χ0n) is 11.5. The van der Waals surface area contributed by atoms with E-state index in [0.717, 1.165) is 6.42 Å². The molecule has 1 aromatic rings. The lowest BCUT2D eigenvalue weighted by molar-refractivity contribution is -0.138. The highest BCUT2D eigenvalue weighted by Crippen LogP contribution is 2.12. The van der Waals surface area contributed by atoms with Gasteiger partial charge in [-0.3, -0.25) is 9.59 Å². The first-order valence-corrected chi connectivity index (χ1v) is 6.99. The van der Waals surface area contributed by atoms with Crippen molar-refractivity contribution in [3.63, 3.8) is 0 Å². The molecular formula is C12H20N4O2S. The molecule has 0 aromatic carbocycles. The first-order chi connectivity index (χ1) is 8.93. The number of rotatable bonds is 6. The molecule has 0 aliphatic heterocycles. The molecular weight excluding hydrogens is 264 g/mol. The van der Waals surface area contributed by atoms with Gasteiger partial charge in [0.1, 0.15) is 0 Å². The van der Waals surface area contributed by atoms with Crippen molar-refractivity contribution in [1.82, 2.24) is 14.8 Å². The van der Waals surface area contributed by atoms with Crippen molar-refractivity contribution in [1.29, 1.82) is 0 Å². The van der Waals surface area contributed by atoms with Crippen molar-refractivity contribution >= 4 is 28.3 Å². The number of hydrogen-bond donors (Lipinski definition) is 1. The van der Waals surface area contributed by atoms with Crippen LogP contribution in [-0.4, -0.2) is 53.8 Å². The SMILES string of the molecule is CCCN(CC(=O)N(C)C)C(=O)Cc1csc(N)n1. The van der Waals surface area contributed by atoms with Crippen LogP contribution in [0.2, 0.25) is 0 Å². The van der Waals surface area contributed by atoms with Crippen molar-refractivity contribution in [2.24, 2.45) is 0 Å². The van der Waals surface area contributed by atoms with Gasteiger partial charge in [-0.1, -0.05) is 6.92 Å². The summed E-state index contributed by atoms with van der Waals surface area (Å²) < 4.78 is 0. The van der Waals surface area contributed by atoms with Gasteiger partial charge in [0.25, 0.3) is 0 Å². The van der Waals surface area contributed by atoms with E-state index in [4.69, 9.17) is 5.73 Å². The van der Waals surface area contributed by atoms with Crippen LogP contribution in [0.25, 0.3) is 0 Å². The number of nitrogen functional groups attached to an aromatic ring is 1. The molecule has 0 atom stereocenters. The van der Waals surface area contributed by atoms with E-state index >= 15 is 0 Å². The van der Waals surface area contributed by atoms with Gasteiger partial charge in [-0.25, -0.2) is 4.98 Å². The Kier molecular flexibility index (Phi) is 5.75. The van der Waals surface area contributed by atoms with Gasteiger partial charge in [-0.05, 0) is 6.42 Å². The van der Waals surface area contributed by atoms with E-state index in [-0.39, 0.29) is 24.8 Å². The van der Waals surface area contributed by atoms with Gasteiger partial charge >= 0.3 is 0 Å². The molecule has 6 nitrogen and oxygen atoms in total. The Balaban J connectivity index is 2.64. The Morgan fingerprint density at radius 1 is 1.37 bits per heavy atom. The van der Waals surface area contributed by atoms with Crippen molar-refractivity contribution < 1.29 is 9.59 Å². The monoisotopic (exact) mass is 284 g/mol. The number of aromatic nitrogens is 1. The fraction of sp³-hybridized carbons (Fsp3) is 0.583. The summed E-state index contributed by atoms with van der Waals surface area (Å²) in [6.45, 7) is 2.65. The molecule has 0 saturated carbocycles. The molecule has 0 saturated heterocycles. The van der Waals surface area contributed by atoms with Crippen LogP contribution in [0, 0.1) is 0 Å². The van der Waals surface area contributed by atoms with Crippen LogP contribution in [0.4, 0.5) is 5.13 Å². The first-order valence-electron chi connectivity index (χ1n) is 6.11. The summed E-state index contributed by atoms with van der Waals surface area (Å²) in [5.41, 5.74) is 6.19. The normalized spacial score (nSPS) is 10.3. The molecule has 0 fully saturated rings. The van der Waals surface area contributed by atoms with Gasteiger partial charge in [-0.2, -0.15) is 0 Å². The van der Waals surface area contributed by atoms with Crippen LogP contribution in [0.5, 0.6) is 0 Å². The summed E-state index contributed by atoms with van der Waals surface area (Å²) in [6.07, 6.45) is 1.00. The second-order valence-corrected chi connectivity index (χ2v) is 5.35. The van der Waals surface area contributed by atoms with Crippen molar-refractivity contribution in [3.8, 4) is 0 Å². The number of nitrogens with zero attached hydrogens (tertiary/aromatic N) is 3. The molecule has 0 radical (unpaired) electrons. The fourth-order valence-corrected chi connectivity index (χ4v) is 2.10. The van der Waals surface area contributed by atoms with Gasteiger partial charge in [0.15, 0.2) is 5.13 Å². The van der Waals surface area contributed by atoms with Crippen LogP contribution in [0.15, 0.2) is 5.38 Å². The van der Waals surface area contributed by atoms with Gasteiger partial charge in [0.05, 0.1) is 18.7 Å². The topological polar surface area (TPSA) is 79.5 Å². The van der Waals surface area contributed by atoms with Crippen molar-refractivity contribution in [2.75, 3.05) is 32.9 Å². The Morgan fingerprint density at radius 2 is 2.05 bits per heavy atom. The Hall–Kier alpha value is -1.63. The molecule has 2 amide bonds. The third kappa shape index (κ3) is 4.86. The van der Waals surface area contributed by atoms with E-state index in [0.29, 0.717) is 17.4 Å². The molecule has 0 spiro atoms. The van der Waals surface area contributed by atoms with E-state index in [9.17, 15) is 9.59 Å². The van der Waals surface area contributed by atoms with Gasteiger partial charge in [0, 0.05) is 26.0 Å². The summed E-state index contributed by atoms with van der Waals surface area (Å²) in [5, 5.41) is 2.22. The maximum Gasteiger partial charge on any atom is 0.241 e. The highest BCUT2D eigenvalue weighted by atomic mass is 32.1. The Bertz CT molecular complexity index is 445. The second-order valence-electron chi connectivity index (χ2n) is 4.46. The lowest BCUT2D eigenvalue weighted by Crippen LogP contribution is -2.41. The zero-order valence-corrected chi connectivity index (χ0v) is 12.4. The predicted molar refractivity (Wildman–Crippen MR) is 75.8 cm³/mol. The second kappa shape index (κ2) is 7.08. The number of hydrogen-bond acceptors (Lipinski definition) is 5. The van der Waals surface area contributed by atoms with Gasteiger partial charge in [-0.15, -0.1) is 11.3 Å². The highest BCUT2D eigenvalue weighted by Gasteiger charge is 2.18. The summed E-state index contributed by atoms with van der Waals surface area (Å²) in [7, 11) is 3.36. The summed E-state index contributed by atoms with van der Waals surface area (Å²) in [6, 6.07) is 0. The summed E-state index contributed by atoms with van der Waals surface area (Å²) >= 11 is 1.31. The fourth-order valence-electron chi connectivity index (χ4n) is 1.54. The van der Waals surface area contributed by atoms with Gasteiger partial charge < -0.3 is 15.5 Å². The lowest BCUT2D eigenvalue weighted by atomic mass is 10.2. The van der Waals surface area contributed by atoms with Crippen LogP contribution in [-0.2, 0) is 16.0 Å². The largest absolute Gasteiger partial charge is 0.375 e. The Morgan fingerprint density at radius 3 is 2.53 bits per heavy atom. The van der Waals surface area contributed by atoms with Crippen molar-refractivity contribution in [3.05, 3.63) is 11.1 Å². The maximum atomic E-state index is 12.1. The van der Waals surface area contributed by atoms with E-state index in [1.54, 1.807) is 24.4 Å². The smallest absolute Gasteiger partial charge is 0.241 e. The van der Waals surface area contributed by atoms with E-state index in [2.05, 4.69) is 4.98 Å². The number of nitrogens with two attached hydrogens (primary N) is 1. The summed E-state index contributed by atoms with van der Waals surface area (Å²) in [5.74, 6) is -0.179. The molecule has 1 rings (SSSR count). The molecule has 7 heteroatoms. The van der Waals surface area contributed by atoms with Crippen LogP contribution >= 0.6 is 11.3 Å². The lowest BCUT2D eigenvalue weighted by Gasteiger charge is -2.23. The van der Waals surface area contributed by atoms with Crippen LogP contribution in [0.1, 0.15) is 19.0 Å². The molecule has 0 aliphatic carbocycles. The first kappa shape index (κ1) is 15.4. The van der Waals surface area contributed by atoms with Gasteiger partial charge in [0.2, 0.25) is 11.8 Å². The third-order valence-electron chi connectivity index (χ3n) is 2.57. The van der Waals surface area contributed by atoms with E-state index < -0.39 is 0 Å². The minimum atomic E-state index is -0.0950. The van der Waals surface area contributed by atoms with Crippen LogP contribution in [0.3, 0.4) is 0 Å². The minimum Gasteiger partial charge on any atom is -0.375 e. The molecule has 19 heavy (non-hydrogen) atoms. The number of carbonyl (C=O) groups excluding carboxylic acids is 2. The standard InChI is InChI=1S/C12H20N4O2S/c1-4-5-16(7-11(18)15(2)3)10(17)6-9-8-19-12(13)14-9/h8H,4-7H2,1-3H3,(H2,13,14). The Labute approximate surface area is 117 Å². The van der Waals surface area contributed by atoms with E-state index in [1.807, 2.05) is 6.92 Å². The number of anilines is 1. The average Bonchev–Trinajstić information content (AvgIpc) is 2.73. The molecule has 0 aliphatic rings. The van der Waals surface area contributed by atoms with Crippen molar-refractivity contribution in [2.45, 2.75) is 19.8 Å². The predicted octanol–water partition coefficient (Wildman–Crippen LogP) is 0.595. The molecule has 0 unspecified atom stereocenters. The molecule has 1 aromatic heterocycles. The third-order valence-corrected chi connectivity index (χ3v) is 3.30. The molecule has 0 bridgehead atoms. The quantitative estimate of drug-likeness (QED) is 0.829. The number of likely N-dealkylation sites (N-methyl/N-ethyl adjacent to an activating group) is 1. The maximum absolute atomic E-state index is 12.1. The van der Waals surface area contributed by atoms with E-state index in [1.165, 1.54) is 16.2 Å². The minimum absolute atomic E-state index is 0.0837. The summed E-state index contributed by atoms with van der Waals surface area (Å²) in [4.78, 5) is 30.9. The van der Waals surface area contributed by atoms with Crippen LogP contribution < -0.4 is 5.73 Å². The molecule has 106 valence electrons. The number of amides is 2.